The molecule has 0 aliphatic carbocycles. The third-order valence-corrected chi connectivity index (χ3v) is 14.1. The first-order chi connectivity index (χ1) is 33.7. The van der Waals surface area contributed by atoms with E-state index in [1.165, 1.54) is 77.2 Å². The van der Waals surface area contributed by atoms with E-state index in [4.69, 9.17) is 0 Å². The van der Waals surface area contributed by atoms with Gasteiger partial charge in [0, 0.05) is 27.1 Å². The van der Waals surface area contributed by atoms with E-state index in [1.54, 1.807) is 0 Å². The highest BCUT2D eigenvalue weighted by atomic mass is 15.0. The van der Waals surface area contributed by atoms with Gasteiger partial charge in [-0.05, 0) is 133 Å². The Morgan fingerprint density at radius 2 is 0.667 bits per heavy atom. The zero-order valence-electron chi connectivity index (χ0n) is 39.5. The number of nitrogens with zero attached hydrogens (tertiary/aromatic N) is 3. The number of rotatable bonds is 7. The Balaban J connectivity index is 1.22. The predicted octanol–water partition coefficient (Wildman–Crippen LogP) is 17.6. The smallest absolute Gasteiger partial charge is 0.0991 e. The van der Waals surface area contributed by atoms with Crippen LogP contribution < -0.4 is 0 Å². The van der Waals surface area contributed by atoms with Crippen LogP contribution in [0.25, 0.3) is 111 Å². The van der Waals surface area contributed by atoms with E-state index in [-0.39, 0.29) is 0 Å². The molecule has 3 heteroatoms. The quantitative estimate of drug-likeness (QED) is 0.157. The zero-order chi connectivity index (χ0) is 46.9. The second-order valence-electron chi connectivity index (χ2n) is 18.9. The molecule has 2 heterocycles. The Kier molecular flexibility index (Phi) is 10.0. The molecular formula is C66H49N3. The van der Waals surface area contributed by atoms with Crippen molar-refractivity contribution in [3.05, 3.63) is 240 Å². The number of aryl methyl sites for hydroxylation is 4. The average molecular weight is 884 g/mol. The van der Waals surface area contributed by atoms with Crippen molar-refractivity contribution in [1.29, 1.82) is 5.26 Å². The lowest BCUT2D eigenvalue weighted by Gasteiger charge is -2.22. The standard InChI is InChI=1S/C66H49N3/c1-41-11-6-16-47(31-41)51-21-25-57-58-26-22-52(48-17-7-12-42(2)32-48)37-63(58)68(62(57)36-51)61-30-29-56(55-20-10-15-46(35-55)40-67)66(45(61)5)69-64-38-53(49-18-8-13-43(3)33-49)23-27-59(64)60-28-24-54(39-65(60)69)50-19-9-14-44(4)34-50/h6-39H,1-5H3. The number of nitriles is 1. The monoisotopic (exact) mass is 883 g/mol. The van der Waals surface area contributed by atoms with Crippen LogP contribution in [-0.4, -0.2) is 9.13 Å². The molecule has 0 unspecified atom stereocenters. The van der Waals surface area contributed by atoms with Crippen LogP contribution in [0, 0.1) is 45.9 Å². The molecule has 0 radical (unpaired) electrons. The van der Waals surface area contributed by atoms with E-state index in [1.807, 2.05) is 18.2 Å². The summed E-state index contributed by atoms with van der Waals surface area (Å²) in [7, 11) is 0. The van der Waals surface area contributed by atoms with Crippen molar-refractivity contribution in [1.82, 2.24) is 9.13 Å². The van der Waals surface area contributed by atoms with Gasteiger partial charge >= 0.3 is 0 Å². The molecule has 0 saturated carbocycles. The first-order valence-corrected chi connectivity index (χ1v) is 23.8. The van der Waals surface area contributed by atoms with Crippen LogP contribution in [0.5, 0.6) is 0 Å². The fourth-order valence-electron chi connectivity index (χ4n) is 10.8. The van der Waals surface area contributed by atoms with Crippen LogP contribution >= 0.6 is 0 Å². The third-order valence-electron chi connectivity index (χ3n) is 14.1. The van der Waals surface area contributed by atoms with Crippen LogP contribution in [0.2, 0.25) is 0 Å². The molecule has 0 fully saturated rings. The normalized spacial score (nSPS) is 11.5. The van der Waals surface area contributed by atoms with Gasteiger partial charge in [0.2, 0.25) is 0 Å². The Morgan fingerprint density at radius 3 is 1.04 bits per heavy atom. The van der Waals surface area contributed by atoms with Crippen LogP contribution in [0.4, 0.5) is 0 Å². The number of hydrogen-bond acceptors (Lipinski definition) is 1. The molecule has 0 amide bonds. The molecule has 69 heavy (non-hydrogen) atoms. The topological polar surface area (TPSA) is 33.6 Å². The summed E-state index contributed by atoms with van der Waals surface area (Å²) in [6, 6.07) is 78.1. The van der Waals surface area contributed by atoms with Gasteiger partial charge in [-0.25, -0.2) is 0 Å². The van der Waals surface area contributed by atoms with Gasteiger partial charge in [-0.1, -0.05) is 186 Å². The van der Waals surface area contributed by atoms with Gasteiger partial charge in [0.15, 0.2) is 0 Å². The molecule has 2 aromatic heterocycles. The lowest BCUT2D eigenvalue weighted by atomic mass is 9.96. The van der Waals surface area contributed by atoms with Crippen molar-refractivity contribution < 1.29 is 0 Å². The summed E-state index contributed by atoms with van der Waals surface area (Å²) in [6.45, 7) is 10.9. The highest BCUT2D eigenvalue weighted by Crippen LogP contribution is 2.45. The Labute approximate surface area is 403 Å². The van der Waals surface area contributed by atoms with Crippen LogP contribution in [-0.2, 0) is 0 Å². The van der Waals surface area contributed by atoms with Gasteiger partial charge in [-0.15, -0.1) is 0 Å². The van der Waals surface area contributed by atoms with Crippen molar-refractivity contribution >= 4 is 43.6 Å². The SMILES string of the molecule is Cc1cccc(-c2ccc3c4ccc(-c5cccc(C)c5)cc4n(-c4ccc(-c5cccc(C#N)c5)c(-n5c6cc(-c7cccc(C)c7)ccc6c6ccc(-c7cccc(C)c7)cc65)c4C)c3c2)c1. The van der Waals surface area contributed by atoms with Crippen molar-refractivity contribution in [2.45, 2.75) is 34.6 Å². The fourth-order valence-corrected chi connectivity index (χ4v) is 10.8. The van der Waals surface area contributed by atoms with E-state index >= 15 is 0 Å². The molecule has 10 aromatic carbocycles. The van der Waals surface area contributed by atoms with E-state index in [0.717, 1.165) is 61.3 Å². The fraction of sp³-hybridized carbons (Fsp3) is 0.0758. The lowest BCUT2D eigenvalue weighted by Crippen LogP contribution is -2.06. The maximum Gasteiger partial charge on any atom is 0.0991 e. The predicted molar refractivity (Wildman–Crippen MR) is 291 cm³/mol. The first kappa shape index (κ1) is 41.7. The summed E-state index contributed by atoms with van der Waals surface area (Å²) in [6.07, 6.45) is 0. The number of benzene rings is 10. The molecule has 12 rings (SSSR count). The van der Waals surface area contributed by atoms with Crippen molar-refractivity contribution in [2.24, 2.45) is 0 Å². The minimum Gasteiger partial charge on any atom is -0.309 e. The molecule has 3 nitrogen and oxygen atoms in total. The molecule has 0 N–H and O–H groups in total. The van der Waals surface area contributed by atoms with Gasteiger partial charge < -0.3 is 9.13 Å². The highest BCUT2D eigenvalue weighted by molar-refractivity contribution is 6.13. The third kappa shape index (κ3) is 7.21. The maximum atomic E-state index is 10.3. The summed E-state index contributed by atoms with van der Waals surface area (Å²) < 4.78 is 5.02. The molecule has 12 aromatic rings. The average Bonchev–Trinajstić information content (AvgIpc) is 3.87. The first-order valence-electron chi connectivity index (χ1n) is 23.8. The molecule has 0 spiro atoms. The largest absolute Gasteiger partial charge is 0.309 e. The molecule has 0 aliphatic heterocycles. The van der Waals surface area contributed by atoms with Gasteiger partial charge in [0.1, 0.15) is 0 Å². The van der Waals surface area contributed by atoms with Crippen molar-refractivity contribution in [2.75, 3.05) is 0 Å². The summed E-state index contributed by atoms with van der Waals surface area (Å²) in [5.41, 5.74) is 24.8. The molecule has 0 atom stereocenters. The number of hydrogen-bond donors (Lipinski definition) is 0. The zero-order valence-corrected chi connectivity index (χ0v) is 39.5. The Morgan fingerprint density at radius 1 is 0.319 bits per heavy atom. The van der Waals surface area contributed by atoms with E-state index in [0.29, 0.717) is 5.56 Å². The van der Waals surface area contributed by atoms with Gasteiger partial charge in [-0.2, -0.15) is 5.26 Å². The summed E-state index contributed by atoms with van der Waals surface area (Å²) >= 11 is 0. The van der Waals surface area contributed by atoms with Gasteiger partial charge in [0.05, 0.1) is 45.1 Å². The van der Waals surface area contributed by atoms with Crippen molar-refractivity contribution in [3.63, 3.8) is 0 Å². The highest BCUT2D eigenvalue weighted by Gasteiger charge is 2.24. The number of fused-ring (bicyclic) bond motifs is 6. The van der Waals surface area contributed by atoms with E-state index < -0.39 is 0 Å². The molecule has 0 saturated heterocycles. The number of aromatic nitrogens is 2. The summed E-state index contributed by atoms with van der Waals surface area (Å²) in [5.74, 6) is 0. The van der Waals surface area contributed by atoms with Gasteiger partial charge in [-0.3, -0.25) is 0 Å². The Hall–Kier alpha value is -8.71. The molecule has 328 valence electrons. The summed E-state index contributed by atoms with van der Waals surface area (Å²) in [4.78, 5) is 0. The van der Waals surface area contributed by atoms with E-state index in [9.17, 15) is 5.26 Å². The van der Waals surface area contributed by atoms with Crippen molar-refractivity contribution in [3.8, 4) is 73.1 Å². The minimum atomic E-state index is 0.626. The molecular weight excluding hydrogens is 835 g/mol. The summed E-state index contributed by atoms with van der Waals surface area (Å²) in [5, 5.41) is 15.0. The maximum absolute atomic E-state index is 10.3. The minimum absolute atomic E-state index is 0.626. The van der Waals surface area contributed by atoms with E-state index in [2.05, 4.69) is 238 Å². The molecule has 0 bridgehead atoms. The van der Waals surface area contributed by atoms with Crippen LogP contribution in [0.15, 0.2) is 206 Å². The molecule has 0 aliphatic rings. The second-order valence-corrected chi connectivity index (χ2v) is 18.9. The lowest BCUT2D eigenvalue weighted by molar-refractivity contribution is 1.10. The second kappa shape index (κ2) is 16.6. The van der Waals surface area contributed by atoms with Crippen LogP contribution in [0.3, 0.4) is 0 Å². The Bertz CT molecular complexity index is 3890. The van der Waals surface area contributed by atoms with Gasteiger partial charge in [0.25, 0.3) is 0 Å². The van der Waals surface area contributed by atoms with Crippen LogP contribution in [0.1, 0.15) is 33.4 Å².